The molecule has 3 rings (SSSR count). The smallest absolute Gasteiger partial charge is 0.243 e. The Bertz CT molecular complexity index is 617. The van der Waals surface area contributed by atoms with E-state index in [2.05, 4.69) is 15.2 Å². The molecule has 0 aliphatic carbocycles. The number of carbonyl (C=O) groups excluding carboxylic acids is 1. The third kappa shape index (κ3) is 3.29. The highest BCUT2D eigenvalue weighted by molar-refractivity contribution is 7.22. The zero-order chi connectivity index (χ0) is 15.5. The summed E-state index contributed by atoms with van der Waals surface area (Å²) in [7, 11) is 0. The number of piperidine rings is 1. The van der Waals surface area contributed by atoms with Crippen LogP contribution in [-0.2, 0) is 4.79 Å². The van der Waals surface area contributed by atoms with E-state index in [9.17, 15) is 9.90 Å². The summed E-state index contributed by atoms with van der Waals surface area (Å²) in [5.74, 6) is 0.372. The fourth-order valence-electron chi connectivity index (χ4n) is 2.82. The van der Waals surface area contributed by atoms with Crippen LogP contribution in [0.2, 0.25) is 0 Å². The van der Waals surface area contributed by atoms with Gasteiger partial charge in [-0.25, -0.2) is 4.98 Å². The number of nitrogens with one attached hydrogen (secondary N) is 1. The number of para-hydroxylation sites is 1. The molecule has 0 saturated carbocycles. The third-order valence-corrected chi connectivity index (χ3v) is 5.31. The fraction of sp³-hybridized carbons (Fsp3) is 0.500. The highest BCUT2D eigenvalue weighted by atomic mass is 32.1. The third-order valence-electron chi connectivity index (χ3n) is 4.36. The van der Waals surface area contributed by atoms with Gasteiger partial charge in [0, 0.05) is 6.61 Å². The molecule has 1 atom stereocenters. The number of aliphatic hydroxyl groups excluding tert-OH is 1. The Morgan fingerprint density at radius 1 is 1.45 bits per heavy atom. The van der Waals surface area contributed by atoms with E-state index in [0.29, 0.717) is 11.0 Å². The molecule has 118 valence electrons. The molecule has 1 aliphatic heterocycles. The Balaban J connectivity index is 1.61. The molecule has 1 aliphatic rings. The van der Waals surface area contributed by atoms with Gasteiger partial charge in [-0.2, -0.15) is 0 Å². The van der Waals surface area contributed by atoms with Gasteiger partial charge in [-0.15, -0.1) is 0 Å². The van der Waals surface area contributed by atoms with Crippen molar-refractivity contribution < 1.29 is 9.90 Å². The maximum Gasteiger partial charge on any atom is 0.243 e. The summed E-state index contributed by atoms with van der Waals surface area (Å²) in [5, 5.41) is 12.8. The second-order valence-corrected chi connectivity index (χ2v) is 6.84. The number of aromatic nitrogens is 1. The molecule has 5 nitrogen and oxygen atoms in total. The summed E-state index contributed by atoms with van der Waals surface area (Å²) in [5.41, 5.74) is 0.916. The first-order valence-corrected chi connectivity index (χ1v) is 8.50. The fourth-order valence-corrected chi connectivity index (χ4v) is 3.69. The summed E-state index contributed by atoms with van der Waals surface area (Å²) in [6.07, 6.45) is 1.91. The van der Waals surface area contributed by atoms with Crippen molar-refractivity contribution in [2.24, 2.45) is 5.92 Å². The van der Waals surface area contributed by atoms with Crippen LogP contribution in [0, 0.1) is 5.92 Å². The molecule has 1 unspecified atom stereocenters. The summed E-state index contributed by atoms with van der Waals surface area (Å²) in [6.45, 7) is 3.90. The van der Waals surface area contributed by atoms with Crippen LogP contribution >= 0.6 is 11.3 Å². The van der Waals surface area contributed by atoms with Crippen molar-refractivity contribution in [3.8, 4) is 0 Å². The molecule has 2 heterocycles. The molecule has 1 amide bonds. The number of amides is 1. The van der Waals surface area contributed by atoms with Crippen molar-refractivity contribution in [2.75, 3.05) is 25.0 Å². The molecule has 0 spiro atoms. The molecule has 1 saturated heterocycles. The molecule has 1 aromatic carbocycles. The van der Waals surface area contributed by atoms with Crippen LogP contribution in [0.4, 0.5) is 5.13 Å². The van der Waals surface area contributed by atoms with Gasteiger partial charge in [-0.05, 0) is 50.9 Å². The monoisotopic (exact) mass is 319 g/mol. The highest BCUT2D eigenvalue weighted by Gasteiger charge is 2.26. The van der Waals surface area contributed by atoms with E-state index >= 15 is 0 Å². The minimum Gasteiger partial charge on any atom is -0.396 e. The summed E-state index contributed by atoms with van der Waals surface area (Å²) >= 11 is 1.50. The summed E-state index contributed by atoms with van der Waals surface area (Å²) in [6, 6.07) is 7.70. The predicted molar refractivity (Wildman–Crippen MR) is 89.1 cm³/mol. The van der Waals surface area contributed by atoms with Crippen LogP contribution in [0.5, 0.6) is 0 Å². The van der Waals surface area contributed by atoms with Crippen LogP contribution in [-0.4, -0.2) is 46.6 Å². The van der Waals surface area contributed by atoms with Gasteiger partial charge in [0.2, 0.25) is 5.91 Å². The summed E-state index contributed by atoms with van der Waals surface area (Å²) < 4.78 is 1.08. The first kappa shape index (κ1) is 15.4. The van der Waals surface area contributed by atoms with Crippen molar-refractivity contribution in [3.63, 3.8) is 0 Å². The molecule has 2 aromatic rings. The molecule has 1 aromatic heterocycles. The Kier molecular flexibility index (Phi) is 4.71. The largest absolute Gasteiger partial charge is 0.396 e. The average Bonchev–Trinajstić information content (AvgIpc) is 2.96. The molecular weight excluding hydrogens is 298 g/mol. The van der Waals surface area contributed by atoms with E-state index in [-0.39, 0.29) is 18.6 Å². The highest BCUT2D eigenvalue weighted by Crippen LogP contribution is 2.26. The number of aliphatic hydroxyl groups is 1. The minimum atomic E-state index is -0.174. The van der Waals surface area contributed by atoms with Gasteiger partial charge in [0.25, 0.3) is 0 Å². The molecule has 22 heavy (non-hydrogen) atoms. The lowest BCUT2D eigenvalue weighted by atomic mass is 9.97. The van der Waals surface area contributed by atoms with Crippen molar-refractivity contribution >= 4 is 32.6 Å². The molecule has 0 bridgehead atoms. The Hall–Kier alpha value is -1.50. The van der Waals surface area contributed by atoms with E-state index < -0.39 is 0 Å². The van der Waals surface area contributed by atoms with Gasteiger partial charge in [0.05, 0.1) is 16.3 Å². The predicted octanol–water partition coefficient (Wildman–Crippen LogP) is 2.33. The van der Waals surface area contributed by atoms with Crippen LogP contribution in [0.3, 0.4) is 0 Å². The number of rotatable bonds is 4. The second-order valence-electron chi connectivity index (χ2n) is 5.81. The van der Waals surface area contributed by atoms with Crippen molar-refractivity contribution in [1.29, 1.82) is 0 Å². The quantitative estimate of drug-likeness (QED) is 0.908. The van der Waals surface area contributed by atoms with Gasteiger partial charge in [-0.1, -0.05) is 23.5 Å². The Morgan fingerprint density at radius 3 is 2.86 bits per heavy atom. The number of benzene rings is 1. The zero-order valence-corrected chi connectivity index (χ0v) is 13.5. The minimum absolute atomic E-state index is 0.0125. The molecule has 2 N–H and O–H groups in total. The van der Waals surface area contributed by atoms with Crippen molar-refractivity contribution in [3.05, 3.63) is 24.3 Å². The van der Waals surface area contributed by atoms with E-state index in [4.69, 9.17) is 0 Å². The van der Waals surface area contributed by atoms with Crippen molar-refractivity contribution in [2.45, 2.75) is 25.8 Å². The lowest BCUT2D eigenvalue weighted by Crippen LogP contribution is -2.46. The number of likely N-dealkylation sites (tertiary alicyclic amines) is 1. The maximum absolute atomic E-state index is 12.4. The van der Waals surface area contributed by atoms with Gasteiger partial charge in [0.15, 0.2) is 5.13 Å². The molecular formula is C16H21N3O2S. The SMILES string of the molecule is CC(C(=O)Nc1nc2ccccc2s1)N1CCC(CO)CC1. The molecule has 6 heteroatoms. The van der Waals surface area contributed by atoms with Gasteiger partial charge in [-0.3, -0.25) is 9.69 Å². The van der Waals surface area contributed by atoms with Crippen LogP contribution in [0.15, 0.2) is 24.3 Å². The number of hydrogen-bond donors (Lipinski definition) is 2. The van der Waals surface area contributed by atoms with Crippen LogP contribution in [0.1, 0.15) is 19.8 Å². The normalized spacial score (nSPS) is 18.5. The standard InChI is InChI=1S/C16H21N3O2S/c1-11(19-8-6-12(10-20)7-9-19)15(21)18-16-17-13-4-2-3-5-14(13)22-16/h2-5,11-12,20H,6-10H2,1H3,(H,17,18,21). The second kappa shape index (κ2) is 6.73. The maximum atomic E-state index is 12.4. The Morgan fingerprint density at radius 2 is 2.18 bits per heavy atom. The number of anilines is 1. The number of nitrogens with zero attached hydrogens (tertiary/aromatic N) is 2. The molecule has 0 radical (unpaired) electrons. The number of carbonyl (C=O) groups is 1. The molecule has 1 fully saturated rings. The lowest BCUT2D eigenvalue weighted by molar-refractivity contribution is -0.121. The van der Waals surface area contributed by atoms with E-state index in [1.165, 1.54) is 11.3 Å². The zero-order valence-electron chi connectivity index (χ0n) is 12.7. The lowest BCUT2D eigenvalue weighted by Gasteiger charge is -2.34. The van der Waals surface area contributed by atoms with Gasteiger partial charge >= 0.3 is 0 Å². The average molecular weight is 319 g/mol. The van der Waals surface area contributed by atoms with Gasteiger partial charge in [0.1, 0.15) is 0 Å². The first-order valence-electron chi connectivity index (χ1n) is 7.68. The van der Waals surface area contributed by atoms with Crippen molar-refractivity contribution in [1.82, 2.24) is 9.88 Å². The van der Waals surface area contributed by atoms with E-state index in [1.54, 1.807) is 0 Å². The number of thiazole rings is 1. The van der Waals surface area contributed by atoms with E-state index in [1.807, 2.05) is 31.2 Å². The number of hydrogen-bond acceptors (Lipinski definition) is 5. The first-order chi connectivity index (χ1) is 10.7. The van der Waals surface area contributed by atoms with Gasteiger partial charge < -0.3 is 10.4 Å². The number of fused-ring (bicyclic) bond motifs is 1. The Labute approximate surface area is 134 Å². The topological polar surface area (TPSA) is 65.5 Å². The van der Waals surface area contributed by atoms with E-state index in [0.717, 1.165) is 36.1 Å². The van der Waals surface area contributed by atoms with Crippen LogP contribution in [0.25, 0.3) is 10.2 Å². The van der Waals surface area contributed by atoms with Crippen LogP contribution < -0.4 is 5.32 Å². The summed E-state index contributed by atoms with van der Waals surface area (Å²) in [4.78, 5) is 19.0.